The van der Waals surface area contributed by atoms with E-state index in [9.17, 15) is 4.79 Å². The monoisotopic (exact) mass is 230 g/mol. The molecule has 0 unspecified atom stereocenters. The first-order chi connectivity index (χ1) is 8.13. The Morgan fingerprint density at radius 2 is 2.00 bits per heavy atom. The number of aryl methyl sites for hydroxylation is 2. The smallest absolute Gasteiger partial charge is 0.359 e. The maximum absolute atomic E-state index is 11.6. The molecule has 0 saturated carbocycles. The van der Waals surface area contributed by atoms with E-state index in [4.69, 9.17) is 4.74 Å². The van der Waals surface area contributed by atoms with Gasteiger partial charge in [0.05, 0.1) is 7.11 Å². The molecule has 0 amide bonds. The maximum atomic E-state index is 11.6. The predicted octanol–water partition coefficient (Wildman–Crippen LogP) is 2.18. The molecule has 0 radical (unpaired) electrons. The van der Waals surface area contributed by atoms with E-state index < -0.39 is 5.97 Å². The van der Waals surface area contributed by atoms with E-state index >= 15 is 0 Å². The van der Waals surface area contributed by atoms with Gasteiger partial charge in [0.1, 0.15) is 0 Å². The largest absolute Gasteiger partial charge is 0.464 e. The molecule has 0 aliphatic heterocycles. The topological polar surface area (TPSA) is 44.1 Å². The van der Waals surface area contributed by atoms with E-state index in [1.54, 1.807) is 11.7 Å². The minimum atomic E-state index is -0.413. The third-order valence-corrected chi connectivity index (χ3v) is 2.64. The molecule has 1 aromatic carbocycles. The highest BCUT2D eigenvalue weighted by molar-refractivity contribution is 5.95. The second-order valence-corrected chi connectivity index (χ2v) is 3.87. The van der Waals surface area contributed by atoms with Crippen molar-refractivity contribution in [3.05, 3.63) is 41.7 Å². The Kier molecular flexibility index (Phi) is 2.95. The molecule has 17 heavy (non-hydrogen) atoms. The van der Waals surface area contributed by atoms with Crippen molar-refractivity contribution in [1.29, 1.82) is 0 Å². The molecule has 0 aliphatic carbocycles. The van der Waals surface area contributed by atoms with Crippen LogP contribution >= 0.6 is 0 Å². The second-order valence-electron chi connectivity index (χ2n) is 3.87. The molecule has 0 aliphatic rings. The average Bonchev–Trinajstić information content (AvgIpc) is 2.71. The van der Waals surface area contributed by atoms with E-state index in [0.29, 0.717) is 5.69 Å². The molecule has 2 aromatic rings. The van der Waals surface area contributed by atoms with E-state index in [1.165, 1.54) is 7.11 Å². The van der Waals surface area contributed by atoms with Gasteiger partial charge in [-0.25, -0.2) is 4.79 Å². The van der Waals surface area contributed by atoms with Gasteiger partial charge in [-0.2, -0.15) is 5.10 Å². The van der Waals surface area contributed by atoms with E-state index in [0.717, 1.165) is 16.7 Å². The molecule has 1 aromatic heterocycles. The van der Waals surface area contributed by atoms with Crippen molar-refractivity contribution < 1.29 is 9.53 Å². The van der Waals surface area contributed by atoms with E-state index in [1.807, 2.05) is 37.4 Å². The molecular weight excluding hydrogens is 216 g/mol. The van der Waals surface area contributed by atoms with Crippen LogP contribution in [0.5, 0.6) is 0 Å². The average molecular weight is 230 g/mol. The fourth-order valence-corrected chi connectivity index (χ4v) is 1.81. The van der Waals surface area contributed by atoms with Crippen LogP contribution in [0, 0.1) is 6.92 Å². The number of ether oxygens (including phenoxy) is 1. The lowest BCUT2D eigenvalue weighted by atomic mass is 10.0. The molecule has 88 valence electrons. The first-order valence-electron chi connectivity index (χ1n) is 5.31. The summed E-state index contributed by atoms with van der Waals surface area (Å²) in [5.74, 6) is -0.413. The minimum Gasteiger partial charge on any atom is -0.464 e. The van der Waals surface area contributed by atoms with Crippen molar-refractivity contribution in [3.63, 3.8) is 0 Å². The predicted molar refractivity (Wildman–Crippen MR) is 64.7 cm³/mol. The first kappa shape index (κ1) is 11.4. The molecule has 2 rings (SSSR count). The second kappa shape index (κ2) is 4.41. The molecule has 0 saturated heterocycles. The van der Waals surface area contributed by atoms with E-state index in [2.05, 4.69) is 5.10 Å². The van der Waals surface area contributed by atoms with Crippen LogP contribution in [0.1, 0.15) is 16.1 Å². The lowest BCUT2D eigenvalue weighted by Gasteiger charge is -2.04. The Hall–Kier alpha value is -2.10. The molecular formula is C13H14N2O2. The summed E-state index contributed by atoms with van der Waals surface area (Å²) >= 11 is 0. The minimum absolute atomic E-state index is 0.351. The zero-order valence-electron chi connectivity index (χ0n) is 10.1. The maximum Gasteiger partial charge on any atom is 0.359 e. The number of nitrogens with zero attached hydrogens (tertiary/aromatic N) is 2. The van der Waals surface area contributed by atoms with Gasteiger partial charge in [-0.05, 0) is 18.1 Å². The third-order valence-electron chi connectivity index (χ3n) is 2.64. The van der Waals surface area contributed by atoms with Gasteiger partial charge in [0.2, 0.25) is 0 Å². The number of methoxy groups -OCH3 is 1. The van der Waals surface area contributed by atoms with Crippen LogP contribution in [0.25, 0.3) is 11.1 Å². The number of benzene rings is 1. The summed E-state index contributed by atoms with van der Waals surface area (Å²) in [7, 11) is 3.15. The molecule has 4 heteroatoms. The highest BCUT2D eigenvalue weighted by Gasteiger charge is 2.18. The molecule has 0 bridgehead atoms. The number of hydrogen-bond acceptors (Lipinski definition) is 3. The van der Waals surface area contributed by atoms with Crippen molar-refractivity contribution in [3.8, 4) is 11.1 Å². The fourth-order valence-electron chi connectivity index (χ4n) is 1.81. The molecule has 4 nitrogen and oxygen atoms in total. The van der Waals surface area contributed by atoms with Crippen LogP contribution in [0.15, 0.2) is 30.5 Å². The van der Waals surface area contributed by atoms with Crippen molar-refractivity contribution in [1.82, 2.24) is 9.78 Å². The molecule has 1 heterocycles. The number of carbonyl (C=O) groups excluding carboxylic acids is 1. The summed E-state index contributed by atoms with van der Waals surface area (Å²) < 4.78 is 6.36. The Balaban J connectivity index is 2.60. The van der Waals surface area contributed by atoms with Crippen LogP contribution < -0.4 is 0 Å². The van der Waals surface area contributed by atoms with Gasteiger partial charge in [0.15, 0.2) is 5.69 Å². The lowest BCUT2D eigenvalue weighted by molar-refractivity contribution is 0.0594. The van der Waals surface area contributed by atoms with Crippen molar-refractivity contribution in [2.24, 2.45) is 7.05 Å². The van der Waals surface area contributed by atoms with Crippen LogP contribution in [0.3, 0.4) is 0 Å². The zero-order valence-corrected chi connectivity index (χ0v) is 10.1. The van der Waals surface area contributed by atoms with Crippen LogP contribution in [0.2, 0.25) is 0 Å². The number of carbonyl (C=O) groups is 1. The van der Waals surface area contributed by atoms with Gasteiger partial charge in [-0.3, -0.25) is 4.68 Å². The normalized spacial score (nSPS) is 10.3. The van der Waals surface area contributed by atoms with Gasteiger partial charge in [0.25, 0.3) is 0 Å². The van der Waals surface area contributed by atoms with Gasteiger partial charge in [-0.15, -0.1) is 0 Å². The fraction of sp³-hybridized carbons (Fsp3) is 0.231. The van der Waals surface area contributed by atoms with E-state index in [-0.39, 0.29) is 0 Å². The summed E-state index contributed by atoms with van der Waals surface area (Å²) in [5, 5.41) is 4.14. The standard InChI is InChI=1S/C13H14N2O2/c1-9-6-4-5-7-10(9)11-8-15(2)14-12(11)13(16)17-3/h4-8H,1-3H3. The van der Waals surface area contributed by atoms with Gasteiger partial charge in [-0.1, -0.05) is 24.3 Å². The van der Waals surface area contributed by atoms with Gasteiger partial charge < -0.3 is 4.74 Å². The Morgan fingerprint density at radius 1 is 1.29 bits per heavy atom. The first-order valence-corrected chi connectivity index (χ1v) is 5.31. The van der Waals surface area contributed by atoms with Crippen molar-refractivity contribution in [2.75, 3.05) is 7.11 Å². The quantitative estimate of drug-likeness (QED) is 0.743. The third kappa shape index (κ3) is 2.06. The van der Waals surface area contributed by atoms with Crippen LogP contribution in [0.4, 0.5) is 0 Å². The van der Waals surface area contributed by atoms with Gasteiger partial charge >= 0.3 is 5.97 Å². The Morgan fingerprint density at radius 3 is 2.65 bits per heavy atom. The molecule has 0 fully saturated rings. The lowest BCUT2D eigenvalue weighted by Crippen LogP contribution is -2.04. The number of aromatic nitrogens is 2. The number of rotatable bonds is 2. The molecule has 0 atom stereocenters. The van der Waals surface area contributed by atoms with Crippen LogP contribution in [-0.2, 0) is 11.8 Å². The SMILES string of the molecule is COC(=O)c1nn(C)cc1-c1ccccc1C. The van der Waals surface area contributed by atoms with Crippen molar-refractivity contribution >= 4 is 5.97 Å². The summed E-state index contributed by atoms with van der Waals surface area (Å²) in [6.45, 7) is 2.00. The van der Waals surface area contributed by atoms with Gasteiger partial charge in [0, 0.05) is 18.8 Å². The molecule has 0 N–H and O–H groups in total. The highest BCUT2D eigenvalue weighted by Crippen LogP contribution is 2.26. The number of esters is 1. The zero-order chi connectivity index (χ0) is 12.4. The number of hydrogen-bond donors (Lipinski definition) is 0. The summed E-state index contributed by atoms with van der Waals surface area (Å²) in [6.07, 6.45) is 1.83. The summed E-state index contributed by atoms with van der Waals surface area (Å²) in [5.41, 5.74) is 3.26. The highest BCUT2D eigenvalue weighted by atomic mass is 16.5. The molecule has 0 spiro atoms. The van der Waals surface area contributed by atoms with Crippen molar-refractivity contribution in [2.45, 2.75) is 6.92 Å². The summed E-state index contributed by atoms with van der Waals surface area (Å²) in [6, 6.07) is 7.88. The Labute approximate surface area is 99.8 Å². The summed E-state index contributed by atoms with van der Waals surface area (Å²) in [4.78, 5) is 11.6. The van der Waals surface area contributed by atoms with Crippen LogP contribution in [-0.4, -0.2) is 22.9 Å². The Bertz CT molecular complexity index is 558.